The van der Waals surface area contributed by atoms with E-state index < -0.39 is 0 Å². The molecule has 1 aliphatic rings. The van der Waals surface area contributed by atoms with Crippen molar-refractivity contribution in [3.63, 3.8) is 0 Å². The van der Waals surface area contributed by atoms with Gasteiger partial charge in [0.2, 0.25) is 0 Å². The summed E-state index contributed by atoms with van der Waals surface area (Å²) in [5.74, 6) is -0.0999. The Labute approximate surface area is 156 Å². The first kappa shape index (κ1) is 18.6. The maximum Gasteiger partial charge on any atom is 0.307 e. The van der Waals surface area contributed by atoms with E-state index in [1.54, 1.807) is 0 Å². The maximum absolute atomic E-state index is 12.1. The van der Waals surface area contributed by atoms with Crippen LogP contribution in [0.15, 0.2) is 60.7 Å². The van der Waals surface area contributed by atoms with E-state index in [0.717, 1.165) is 32.7 Å². The van der Waals surface area contributed by atoms with Crippen molar-refractivity contribution < 1.29 is 9.53 Å². The second kappa shape index (κ2) is 9.51. The van der Waals surface area contributed by atoms with Gasteiger partial charge >= 0.3 is 5.97 Å². The highest BCUT2D eigenvalue weighted by Crippen LogP contribution is 2.19. The van der Waals surface area contributed by atoms with E-state index in [2.05, 4.69) is 58.3 Å². The summed E-state index contributed by atoms with van der Waals surface area (Å²) < 4.78 is 5.21. The first-order valence-electron chi connectivity index (χ1n) is 9.44. The summed E-state index contributed by atoms with van der Waals surface area (Å²) in [4.78, 5) is 17.0. The summed E-state index contributed by atoms with van der Waals surface area (Å²) in [7, 11) is 0. The molecule has 4 heteroatoms. The van der Waals surface area contributed by atoms with Crippen molar-refractivity contribution >= 4 is 5.97 Å². The van der Waals surface area contributed by atoms with Crippen LogP contribution in [-0.2, 0) is 22.6 Å². The number of ether oxygens (including phenoxy) is 1. The van der Waals surface area contributed by atoms with Crippen LogP contribution in [0.1, 0.15) is 24.5 Å². The van der Waals surface area contributed by atoms with Crippen LogP contribution in [0, 0.1) is 0 Å². The van der Waals surface area contributed by atoms with E-state index in [1.165, 1.54) is 11.1 Å². The van der Waals surface area contributed by atoms with Crippen LogP contribution >= 0.6 is 0 Å². The molecular formula is C22H28N2O2. The lowest BCUT2D eigenvalue weighted by Crippen LogP contribution is -2.53. The molecule has 1 atom stereocenters. The molecule has 1 saturated heterocycles. The second-order valence-corrected chi connectivity index (χ2v) is 6.84. The van der Waals surface area contributed by atoms with E-state index in [-0.39, 0.29) is 12.0 Å². The van der Waals surface area contributed by atoms with Gasteiger partial charge in [-0.3, -0.25) is 14.6 Å². The van der Waals surface area contributed by atoms with Gasteiger partial charge in [-0.25, -0.2) is 0 Å². The van der Waals surface area contributed by atoms with Crippen LogP contribution in [0.25, 0.3) is 0 Å². The second-order valence-electron chi connectivity index (χ2n) is 6.84. The van der Waals surface area contributed by atoms with Gasteiger partial charge in [0.15, 0.2) is 0 Å². The highest BCUT2D eigenvalue weighted by molar-refractivity contribution is 5.70. The highest BCUT2D eigenvalue weighted by Gasteiger charge is 2.29. The monoisotopic (exact) mass is 352 g/mol. The lowest BCUT2D eigenvalue weighted by molar-refractivity contribution is -0.145. The number of rotatable bonds is 7. The minimum atomic E-state index is -0.0999. The first-order valence-corrected chi connectivity index (χ1v) is 9.44. The van der Waals surface area contributed by atoms with Crippen molar-refractivity contribution in [1.29, 1.82) is 0 Å². The first-order chi connectivity index (χ1) is 12.7. The van der Waals surface area contributed by atoms with Gasteiger partial charge in [0.1, 0.15) is 0 Å². The molecule has 0 amide bonds. The summed E-state index contributed by atoms with van der Waals surface area (Å²) >= 11 is 0. The van der Waals surface area contributed by atoms with Crippen molar-refractivity contribution in [3.8, 4) is 0 Å². The van der Waals surface area contributed by atoms with Gasteiger partial charge in [-0.2, -0.15) is 0 Å². The number of esters is 1. The smallest absolute Gasteiger partial charge is 0.307 e. The molecule has 0 radical (unpaired) electrons. The van der Waals surface area contributed by atoms with Gasteiger partial charge in [0, 0.05) is 38.8 Å². The molecule has 1 aliphatic heterocycles. The average molecular weight is 352 g/mol. The normalized spacial score (nSPS) is 18.6. The number of hydrogen-bond acceptors (Lipinski definition) is 4. The zero-order valence-electron chi connectivity index (χ0n) is 15.5. The third-order valence-corrected chi connectivity index (χ3v) is 4.87. The van der Waals surface area contributed by atoms with E-state index in [0.29, 0.717) is 13.0 Å². The van der Waals surface area contributed by atoms with E-state index in [1.807, 2.05) is 19.1 Å². The Bertz CT molecular complexity index is 675. The Balaban J connectivity index is 1.66. The van der Waals surface area contributed by atoms with E-state index in [4.69, 9.17) is 4.74 Å². The number of hydrogen-bond donors (Lipinski definition) is 0. The number of carbonyl (C=O) groups excluding carboxylic acids is 1. The lowest BCUT2D eigenvalue weighted by Gasteiger charge is -2.41. The molecule has 1 heterocycles. The molecule has 3 rings (SSSR count). The van der Waals surface area contributed by atoms with Crippen molar-refractivity contribution in [1.82, 2.24) is 9.80 Å². The molecule has 0 N–H and O–H groups in total. The Hall–Kier alpha value is -2.17. The molecule has 0 aliphatic carbocycles. The fourth-order valence-electron chi connectivity index (χ4n) is 3.57. The third-order valence-electron chi connectivity index (χ3n) is 4.87. The van der Waals surface area contributed by atoms with Gasteiger partial charge in [0.05, 0.1) is 13.0 Å². The van der Waals surface area contributed by atoms with E-state index >= 15 is 0 Å². The molecule has 138 valence electrons. The van der Waals surface area contributed by atoms with Gasteiger partial charge in [-0.15, -0.1) is 0 Å². The van der Waals surface area contributed by atoms with Crippen LogP contribution < -0.4 is 0 Å². The Morgan fingerprint density at radius 3 is 2.19 bits per heavy atom. The topological polar surface area (TPSA) is 32.8 Å². The van der Waals surface area contributed by atoms with Gasteiger partial charge in [0.25, 0.3) is 0 Å². The molecule has 1 fully saturated rings. The largest absolute Gasteiger partial charge is 0.466 e. The molecule has 0 unspecified atom stereocenters. The van der Waals surface area contributed by atoms with Crippen molar-refractivity contribution in [2.24, 2.45) is 0 Å². The molecule has 4 nitrogen and oxygen atoms in total. The minimum Gasteiger partial charge on any atom is -0.466 e. The Morgan fingerprint density at radius 1 is 0.962 bits per heavy atom. The fourth-order valence-corrected chi connectivity index (χ4v) is 3.57. The average Bonchev–Trinajstić information content (AvgIpc) is 2.66. The summed E-state index contributed by atoms with van der Waals surface area (Å²) in [6.07, 6.45) is 0.450. The molecule has 0 spiro atoms. The quantitative estimate of drug-likeness (QED) is 0.716. The zero-order chi connectivity index (χ0) is 18.2. The van der Waals surface area contributed by atoms with Crippen LogP contribution in [0.2, 0.25) is 0 Å². The van der Waals surface area contributed by atoms with Crippen molar-refractivity contribution in [2.75, 3.05) is 26.2 Å². The third kappa shape index (κ3) is 5.41. The molecular weight excluding hydrogens is 324 g/mol. The number of nitrogens with zero attached hydrogens (tertiary/aromatic N) is 2. The zero-order valence-corrected chi connectivity index (χ0v) is 15.5. The molecule has 0 aromatic heterocycles. The van der Waals surface area contributed by atoms with E-state index in [9.17, 15) is 4.79 Å². The van der Waals surface area contributed by atoms with Crippen LogP contribution in [0.5, 0.6) is 0 Å². The standard InChI is InChI=1S/C22H28N2O2/c1-2-26-22(25)15-21-18-23(16-19-9-5-3-6-10-19)13-14-24(21)17-20-11-7-4-8-12-20/h3-12,21H,2,13-18H2,1H3/t21-/m0/s1. The van der Waals surface area contributed by atoms with Gasteiger partial charge in [-0.05, 0) is 18.1 Å². The minimum absolute atomic E-state index is 0.0999. The molecule has 2 aromatic carbocycles. The Kier molecular flexibility index (Phi) is 6.81. The van der Waals surface area contributed by atoms with Crippen molar-refractivity contribution in [2.45, 2.75) is 32.5 Å². The van der Waals surface area contributed by atoms with Gasteiger partial charge < -0.3 is 4.74 Å². The summed E-state index contributed by atoms with van der Waals surface area (Å²) in [5.41, 5.74) is 2.61. The fraction of sp³-hybridized carbons (Fsp3) is 0.409. The molecule has 0 saturated carbocycles. The summed E-state index contributed by atoms with van der Waals surface area (Å²) in [6, 6.07) is 21.2. The predicted octanol–water partition coefficient (Wildman–Crippen LogP) is 3.33. The highest BCUT2D eigenvalue weighted by atomic mass is 16.5. The number of carbonyl (C=O) groups is 1. The summed E-state index contributed by atoms with van der Waals surface area (Å²) in [5, 5.41) is 0. The van der Waals surface area contributed by atoms with Crippen LogP contribution in [0.3, 0.4) is 0 Å². The predicted molar refractivity (Wildman–Crippen MR) is 104 cm³/mol. The molecule has 2 aromatic rings. The number of benzene rings is 2. The van der Waals surface area contributed by atoms with Crippen molar-refractivity contribution in [3.05, 3.63) is 71.8 Å². The summed E-state index contributed by atoms with van der Waals surface area (Å²) in [6.45, 7) is 6.98. The molecule has 0 bridgehead atoms. The molecule has 26 heavy (non-hydrogen) atoms. The SMILES string of the molecule is CCOC(=O)C[C@H]1CN(Cc2ccccc2)CCN1Cc1ccccc1. The lowest BCUT2D eigenvalue weighted by atomic mass is 10.1. The van der Waals surface area contributed by atoms with Gasteiger partial charge in [-0.1, -0.05) is 60.7 Å². The van der Waals surface area contributed by atoms with Crippen LogP contribution in [-0.4, -0.2) is 48.1 Å². The maximum atomic E-state index is 12.1. The number of piperazine rings is 1. The Morgan fingerprint density at radius 2 is 1.58 bits per heavy atom. The van der Waals surface area contributed by atoms with Crippen LogP contribution in [0.4, 0.5) is 0 Å².